The van der Waals surface area contributed by atoms with Crippen LogP contribution in [0.5, 0.6) is 5.88 Å². The number of unbranched alkanes of at least 4 members (excludes halogenated alkanes) is 1. The van der Waals surface area contributed by atoms with Crippen LogP contribution in [-0.2, 0) is 6.54 Å². The first-order chi connectivity index (χ1) is 13.9. The molecule has 0 aliphatic carbocycles. The van der Waals surface area contributed by atoms with Crippen molar-refractivity contribution in [3.8, 4) is 11.9 Å². The van der Waals surface area contributed by atoms with Crippen molar-refractivity contribution in [2.75, 3.05) is 0 Å². The summed E-state index contributed by atoms with van der Waals surface area (Å²) in [6.07, 6.45) is 1.49. The van der Waals surface area contributed by atoms with Crippen molar-refractivity contribution in [1.82, 2.24) is 4.57 Å². The maximum atomic E-state index is 12.8. The van der Waals surface area contributed by atoms with E-state index < -0.39 is 11.2 Å². The molecule has 0 atom stereocenters. The normalized spacial score (nSPS) is 11.2. The molecule has 0 fully saturated rings. The number of nitriles is 1. The Kier molecular flexibility index (Phi) is 5.59. The summed E-state index contributed by atoms with van der Waals surface area (Å²) in [6, 6.07) is 8.33. The summed E-state index contributed by atoms with van der Waals surface area (Å²) in [6.45, 7) is 5.59. The zero-order valence-corrected chi connectivity index (χ0v) is 16.4. The molecule has 1 N–H and O–H groups in total. The van der Waals surface area contributed by atoms with Gasteiger partial charge in [-0.1, -0.05) is 13.3 Å². The van der Waals surface area contributed by atoms with Gasteiger partial charge in [-0.15, -0.1) is 5.11 Å². The highest BCUT2D eigenvalue weighted by atomic mass is 16.4. The Morgan fingerprint density at radius 1 is 1.21 bits per heavy atom. The van der Waals surface area contributed by atoms with Crippen LogP contribution in [0.3, 0.4) is 0 Å². The lowest BCUT2D eigenvalue weighted by Crippen LogP contribution is -2.22. The number of rotatable bonds is 5. The van der Waals surface area contributed by atoms with Crippen LogP contribution in [0, 0.1) is 25.2 Å². The molecule has 0 radical (unpaired) electrons. The average molecular weight is 392 g/mol. The standard InChI is InChI=1S/C21H20N4O4/c1-4-5-8-25-20(27)16(11-22)13(3)19(21(25)28)24-23-14-6-7-15-12(2)9-18(26)29-17(15)10-14/h6-7,9-10,27H,4-5,8H2,1-3H3. The van der Waals surface area contributed by atoms with Gasteiger partial charge in [0, 0.05) is 29.6 Å². The van der Waals surface area contributed by atoms with Crippen LogP contribution in [0.2, 0.25) is 0 Å². The van der Waals surface area contributed by atoms with E-state index in [0.717, 1.165) is 21.9 Å². The van der Waals surface area contributed by atoms with E-state index in [1.54, 1.807) is 25.1 Å². The molecule has 0 aliphatic rings. The molecule has 148 valence electrons. The summed E-state index contributed by atoms with van der Waals surface area (Å²) in [4.78, 5) is 24.4. The van der Waals surface area contributed by atoms with Crippen LogP contribution in [0.15, 0.2) is 48.5 Å². The number of hydrogen-bond donors (Lipinski definition) is 1. The van der Waals surface area contributed by atoms with E-state index in [2.05, 4.69) is 10.2 Å². The molecule has 2 aromatic heterocycles. The van der Waals surface area contributed by atoms with Crippen molar-refractivity contribution >= 4 is 22.3 Å². The third kappa shape index (κ3) is 3.80. The van der Waals surface area contributed by atoms with Gasteiger partial charge in [-0.3, -0.25) is 9.36 Å². The van der Waals surface area contributed by atoms with Crippen LogP contribution >= 0.6 is 0 Å². The van der Waals surface area contributed by atoms with Gasteiger partial charge < -0.3 is 9.52 Å². The molecule has 3 rings (SSSR count). The second-order valence-corrected chi connectivity index (χ2v) is 6.72. The van der Waals surface area contributed by atoms with Crippen LogP contribution in [0.1, 0.15) is 36.5 Å². The van der Waals surface area contributed by atoms with E-state index in [4.69, 9.17) is 4.42 Å². The van der Waals surface area contributed by atoms with E-state index in [9.17, 15) is 20.0 Å². The van der Waals surface area contributed by atoms with Crippen LogP contribution in [0.4, 0.5) is 11.4 Å². The Morgan fingerprint density at radius 3 is 2.66 bits per heavy atom. The smallest absolute Gasteiger partial charge is 0.336 e. The highest BCUT2D eigenvalue weighted by Crippen LogP contribution is 2.28. The average Bonchev–Trinajstić information content (AvgIpc) is 2.67. The third-order valence-corrected chi connectivity index (χ3v) is 4.70. The van der Waals surface area contributed by atoms with Crippen LogP contribution < -0.4 is 11.2 Å². The molecular formula is C21H20N4O4. The minimum atomic E-state index is -0.514. The fourth-order valence-corrected chi connectivity index (χ4v) is 3.06. The number of azo groups is 1. The Hall–Kier alpha value is -3.73. The molecule has 0 bridgehead atoms. The predicted molar refractivity (Wildman–Crippen MR) is 108 cm³/mol. The van der Waals surface area contributed by atoms with Crippen molar-refractivity contribution in [3.63, 3.8) is 0 Å². The molecule has 8 heteroatoms. The Bertz CT molecular complexity index is 1280. The van der Waals surface area contributed by atoms with Crippen molar-refractivity contribution in [1.29, 1.82) is 5.26 Å². The van der Waals surface area contributed by atoms with Crippen molar-refractivity contribution in [2.24, 2.45) is 10.2 Å². The summed E-state index contributed by atoms with van der Waals surface area (Å²) in [5.74, 6) is -0.356. The highest BCUT2D eigenvalue weighted by Gasteiger charge is 2.18. The lowest BCUT2D eigenvalue weighted by atomic mass is 10.1. The summed E-state index contributed by atoms with van der Waals surface area (Å²) in [7, 11) is 0. The van der Waals surface area contributed by atoms with Crippen molar-refractivity contribution < 1.29 is 9.52 Å². The quantitative estimate of drug-likeness (QED) is 0.510. The first kappa shape index (κ1) is 20.0. The van der Waals surface area contributed by atoms with Gasteiger partial charge in [-0.25, -0.2) is 4.79 Å². The minimum absolute atomic E-state index is 0.00483. The van der Waals surface area contributed by atoms with Gasteiger partial charge in [-0.2, -0.15) is 10.4 Å². The Labute approximate surface area is 166 Å². The van der Waals surface area contributed by atoms with Gasteiger partial charge in [0.05, 0.1) is 5.69 Å². The lowest BCUT2D eigenvalue weighted by molar-refractivity contribution is 0.399. The minimum Gasteiger partial charge on any atom is -0.493 e. The van der Waals surface area contributed by atoms with Gasteiger partial charge in [-0.05, 0) is 38.0 Å². The van der Waals surface area contributed by atoms with Crippen LogP contribution in [0.25, 0.3) is 11.0 Å². The number of nitrogens with zero attached hydrogens (tertiary/aromatic N) is 4. The number of aromatic hydroxyl groups is 1. The molecule has 8 nitrogen and oxygen atoms in total. The summed E-state index contributed by atoms with van der Waals surface area (Å²) < 4.78 is 6.34. The first-order valence-corrected chi connectivity index (χ1v) is 9.20. The number of hydrogen-bond acceptors (Lipinski definition) is 7. The topological polar surface area (TPSA) is 121 Å². The Morgan fingerprint density at radius 2 is 1.97 bits per heavy atom. The number of aromatic nitrogens is 1. The second kappa shape index (κ2) is 8.10. The third-order valence-electron chi connectivity index (χ3n) is 4.70. The number of aryl methyl sites for hydroxylation is 1. The van der Waals surface area contributed by atoms with E-state index in [-0.39, 0.29) is 29.2 Å². The molecular weight excluding hydrogens is 372 g/mol. The summed E-state index contributed by atoms with van der Waals surface area (Å²) >= 11 is 0. The van der Waals surface area contributed by atoms with Gasteiger partial charge in [0.2, 0.25) is 5.88 Å². The van der Waals surface area contributed by atoms with Crippen LogP contribution in [-0.4, -0.2) is 9.67 Å². The lowest BCUT2D eigenvalue weighted by Gasteiger charge is -2.12. The molecule has 0 spiro atoms. The molecule has 0 saturated heterocycles. The molecule has 2 heterocycles. The maximum Gasteiger partial charge on any atom is 0.336 e. The van der Waals surface area contributed by atoms with Crippen molar-refractivity contribution in [3.05, 3.63) is 61.7 Å². The van der Waals surface area contributed by atoms with E-state index in [1.165, 1.54) is 6.07 Å². The zero-order chi connectivity index (χ0) is 21.1. The number of benzene rings is 1. The zero-order valence-electron chi connectivity index (χ0n) is 16.4. The molecule has 0 unspecified atom stereocenters. The number of pyridine rings is 1. The monoisotopic (exact) mass is 392 g/mol. The van der Waals surface area contributed by atoms with E-state index in [0.29, 0.717) is 17.7 Å². The van der Waals surface area contributed by atoms with Gasteiger partial charge in [0.25, 0.3) is 5.56 Å². The fourth-order valence-electron chi connectivity index (χ4n) is 3.06. The first-order valence-electron chi connectivity index (χ1n) is 9.20. The second-order valence-electron chi connectivity index (χ2n) is 6.72. The van der Waals surface area contributed by atoms with Gasteiger partial charge in [0.1, 0.15) is 17.2 Å². The summed E-state index contributed by atoms with van der Waals surface area (Å²) in [5.41, 5.74) is 0.802. The van der Waals surface area contributed by atoms with E-state index >= 15 is 0 Å². The molecule has 3 aromatic rings. The largest absolute Gasteiger partial charge is 0.493 e. The van der Waals surface area contributed by atoms with E-state index in [1.807, 2.05) is 19.9 Å². The number of fused-ring (bicyclic) bond motifs is 1. The Balaban J connectivity index is 2.11. The fraction of sp³-hybridized carbons (Fsp3) is 0.286. The van der Waals surface area contributed by atoms with Crippen molar-refractivity contribution in [2.45, 2.75) is 40.2 Å². The highest BCUT2D eigenvalue weighted by molar-refractivity contribution is 5.82. The molecule has 0 aliphatic heterocycles. The molecule has 29 heavy (non-hydrogen) atoms. The molecule has 1 aromatic carbocycles. The van der Waals surface area contributed by atoms with Gasteiger partial charge >= 0.3 is 5.63 Å². The predicted octanol–water partition coefficient (Wildman–Crippen LogP) is 4.36. The summed E-state index contributed by atoms with van der Waals surface area (Å²) in [5, 5.41) is 28.6. The van der Waals surface area contributed by atoms with Gasteiger partial charge in [0.15, 0.2) is 5.69 Å². The SMILES string of the molecule is CCCCn1c(O)c(C#N)c(C)c(N=Nc2ccc3c(C)cc(=O)oc3c2)c1=O. The molecule has 0 amide bonds. The maximum absolute atomic E-state index is 12.8. The molecule has 0 saturated carbocycles.